The van der Waals surface area contributed by atoms with Gasteiger partial charge in [0.1, 0.15) is 5.82 Å². The molecule has 0 aliphatic carbocycles. The molecule has 0 aliphatic heterocycles. The number of aliphatic hydroxyl groups excluding tert-OH is 1. The highest BCUT2D eigenvalue weighted by Gasteiger charge is 2.17. The molecule has 0 saturated heterocycles. The summed E-state index contributed by atoms with van der Waals surface area (Å²) in [5.41, 5.74) is 1.53. The van der Waals surface area contributed by atoms with E-state index in [1.165, 1.54) is 6.07 Å². The molecule has 2 N–H and O–H groups in total. The number of nitrogens with one attached hydrogen (secondary N) is 1. The summed E-state index contributed by atoms with van der Waals surface area (Å²) in [4.78, 5) is 0. The van der Waals surface area contributed by atoms with Gasteiger partial charge in [0.15, 0.2) is 0 Å². The van der Waals surface area contributed by atoms with Gasteiger partial charge in [-0.15, -0.1) is 0 Å². The van der Waals surface area contributed by atoms with Crippen LogP contribution in [0.4, 0.5) is 4.39 Å². The molecular weight excluding hydrogens is 309 g/mol. The van der Waals surface area contributed by atoms with Gasteiger partial charge in [0, 0.05) is 16.6 Å². The van der Waals surface area contributed by atoms with Crippen LogP contribution < -0.4 is 5.32 Å². The van der Waals surface area contributed by atoms with Gasteiger partial charge >= 0.3 is 0 Å². The van der Waals surface area contributed by atoms with Gasteiger partial charge in [-0.3, -0.25) is 0 Å². The van der Waals surface area contributed by atoms with Crippen LogP contribution in [0, 0.1) is 5.82 Å². The van der Waals surface area contributed by atoms with E-state index in [-0.39, 0.29) is 18.5 Å². The zero-order chi connectivity index (χ0) is 13.7. The fourth-order valence-corrected chi connectivity index (χ4v) is 2.38. The van der Waals surface area contributed by atoms with Crippen LogP contribution in [0.1, 0.15) is 17.2 Å². The molecule has 2 aromatic carbocycles. The van der Waals surface area contributed by atoms with Gasteiger partial charge in [0.05, 0.1) is 12.6 Å². The smallest absolute Gasteiger partial charge is 0.128 e. The Bertz CT molecular complexity index is 533. The largest absolute Gasteiger partial charge is 0.395 e. The number of aliphatic hydroxyl groups is 1. The maximum atomic E-state index is 14.0. The molecule has 2 nitrogen and oxygen atoms in total. The van der Waals surface area contributed by atoms with Gasteiger partial charge in [-0.25, -0.2) is 4.39 Å². The van der Waals surface area contributed by atoms with Crippen molar-refractivity contribution in [2.75, 3.05) is 13.2 Å². The number of halogens is 2. The van der Waals surface area contributed by atoms with E-state index in [1.54, 1.807) is 12.1 Å². The van der Waals surface area contributed by atoms with Crippen LogP contribution in [0.5, 0.6) is 0 Å². The minimum atomic E-state index is -0.272. The Morgan fingerprint density at radius 2 is 1.89 bits per heavy atom. The lowest BCUT2D eigenvalue weighted by atomic mass is 9.98. The second-order valence-electron chi connectivity index (χ2n) is 4.19. The van der Waals surface area contributed by atoms with Crippen LogP contribution in [0.2, 0.25) is 0 Å². The first-order valence-electron chi connectivity index (χ1n) is 6.06. The molecule has 0 aliphatic rings. The predicted molar refractivity (Wildman–Crippen MR) is 77.5 cm³/mol. The molecule has 19 heavy (non-hydrogen) atoms. The number of hydrogen-bond donors (Lipinski definition) is 2. The number of hydrogen-bond acceptors (Lipinski definition) is 2. The van der Waals surface area contributed by atoms with Crippen molar-refractivity contribution in [3.05, 3.63) is 69.9 Å². The van der Waals surface area contributed by atoms with Gasteiger partial charge in [0.25, 0.3) is 0 Å². The fourth-order valence-electron chi connectivity index (χ4n) is 2.00. The van der Waals surface area contributed by atoms with Crippen LogP contribution in [-0.2, 0) is 0 Å². The highest BCUT2D eigenvalue weighted by molar-refractivity contribution is 9.10. The molecule has 0 spiro atoms. The molecule has 0 heterocycles. The van der Waals surface area contributed by atoms with E-state index in [2.05, 4.69) is 21.2 Å². The summed E-state index contributed by atoms with van der Waals surface area (Å²) < 4.78 is 14.8. The Morgan fingerprint density at radius 1 is 1.16 bits per heavy atom. The first-order chi connectivity index (χ1) is 9.22. The van der Waals surface area contributed by atoms with E-state index in [9.17, 15) is 4.39 Å². The molecule has 1 unspecified atom stereocenters. The van der Waals surface area contributed by atoms with Gasteiger partial charge < -0.3 is 10.4 Å². The number of benzene rings is 2. The second kappa shape index (κ2) is 6.80. The third kappa shape index (κ3) is 3.62. The lowest BCUT2D eigenvalue weighted by molar-refractivity contribution is 0.287. The molecule has 2 rings (SSSR count). The molecule has 0 radical (unpaired) electrons. The Hall–Kier alpha value is -1.23. The molecule has 1 atom stereocenters. The van der Waals surface area contributed by atoms with Crippen LogP contribution >= 0.6 is 15.9 Å². The normalized spacial score (nSPS) is 12.4. The second-order valence-corrected chi connectivity index (χ2v) is 5.10. The molecule has 0 aromatic heterocycles. The van der Waals surface area contributed by atoms with Crippen LogP contribution in [0.3, 0.4) is 0 Å². The van der Waals surface area contributed by atoms with Crippen molar-refractivity contribution in [3.8, 4) is 0 Å². The highest BCUT2D eigenvalue weighted by Crippen LogP contribution is 2.26. The van der Waals surface area contributed by atoms with Gasteiger partial charge in [-0.1, -0.05) is 46.3 Å². The quantitative estimate of drug-likeness (QED) is 0.885. The van der Waals surface area contributed by atoms with Gasteiger partial charge in [-0.05, 0) is 23.8 Å². The van der Waals surface area contributed by atoms with Crippen molar-refractivity contribution in [3.63, 3.8) is 0 Å². The molecule has 2 aromatic rings. The molecule has 0 fully saturated rings. The van der Waals surface area contributed by atoms with Gasteiger partial charge in [0.2, 0.25) is 0 Å². The van der Waals surface area contributed by atoms with E-state index < -0.39 is 0 Å². The Labute approximate surface area is 120 Å². The maximum absolute atomic E-state index is 14.0. The lowest BCUT2D eigenvalue weighted by Crippen LogP contribution is -2.26. The van der Waals surface area contributed by atoms with E-state index >= 15 is 0 Å². The summed E-state index contributed by atoms with van der Waals surface area (Å²) in [7, 11) is 0. The zero-order valence-electron chi connectivity index (χ0n) is 10.3. The average Bonchev–Trinajstić information content (AvgIpc) is 2.44. The van der Waals surface area contributed by atoms with Crippen molar-refractivity contribution < 1.29 is 9.50 Å². The van der Waals surface area contributed by atoms with Crippen LogP contribution in [0.25, 0.3) is 0 Å². The Kier molecular flexibility index (Phi) is 5.07. The summed E-state index contributed by atoms with van der Waals surface area (Å²) in [6.07, 6.45) is 0. The lowest BCUT2D eigenvalue weighted by Gasteiger charge is -2.20. The molecule has 0 saturated carbocycles. The molecule has 4 heteroatoms. The molecular formula is C15H15BrFNO. The van der Waals surface area contributed by atoms with E-state index in [0.29, 0.717) is 12.1 Å². The summed E-state index contributed by atoms with van der Waals surface area (Å²) in [5, 5.41) is 12.1. The standard InChI is InChI=1S/C15H15BrFNO/c16-12-6-7-14(17)13(10-12)15(18-8-9-19)11-4-2-1-3-5-11/h1-7,10,15,18-19H,8-9H2. The maximum Gasteiger partial charge on any atom is 0.128 e. The molecule has 0 bridgehead atoms. The third-order valence-corrected chi connectivity index (χ3v) is 3.36. The van der Waals surface area contributed by atoms with Crippen molar-refractivity contribution >= 4 is 15.9 Å². The predicted octanol–water partition coefficient (Wildman–Crippen LogP) is 3.26. The molecule has 100 valence electrons. The van der Waals surface area contributed by atoms with Crippen LogP contribution in [0.15, 0.2) is 53.0 Å². The Morgan fingerprint density at radius 3 is 2.58 bits per heavy atom. The summed E-state index contributed by atoms with van der Waals surface area (Å²) in [6, 6.07) is 14.2. The zero-order valence-corrected chi connectivity index (χ0v) is 11.9. The van der Waals surface area contributed by atoms with Crippen molar-refractivity contribution in [1.29, 1.82) is 0 Å². The van der Waals surface area contributed by atoms with E-state index in [1.807, 2.05) is 30.3 Å². The van der Waals surface area contributed by atoms with Crippen molar-refractivity contribution in [2.45, 2.75) is 6.04 Å². The first-order valence-corrected chi connectivity index (χ1v) is 6.86. The molecule has 0 amide bonds. The van der Waals surface area contributed by atoms with Crippen molar-refractivity contribution in [2.24, 2.45) is 0 Å². The van der Waals surface area contributed by atoms with Gasteiger partial charge in [-0.2, -0.15) is 0 Å². The number of rotatable bonds is 5. The summed E-state index contributed by atoms with van der Waals surface area (Å²) in [5.74, 6) is -0.262. The Balaban J connectivity index is 2.40. The monoisotopic (exact) mass is 323 g/mol. The van der Waals surface area contributed by atoms with Crippen molar-refractivity contribution in [1.82, 2.24) is 5.32 Å². The summed E-state index contributed by atoms with van der Waals surface area (Å²) in [6.45, 7) is 0.421. The van der Waals surface area contributed by atoms with E-state index in [0.717, 1.165) is 10.0 Å². The minimum Gasteiger partial charge on any atom is -0.395 e. The summed E-state index contributed by atoms with van der Waals surface area (Å²) >= 11 is 3.36. The fraction of sp³-hybridized carbons (Fsp3) is 0.200. The first kappa shape index (κ1) is 14.2. The van der Waals surface area contributed by atoms with E-state index in [4.69, 9.17) is 5.11 Å². The third-order valence-electron chi connectivity index (χ3n) is 2.86. The highest BCUT2D eigenvalue weighted by atomic mass is 79.9. The van der Waals surface area contributed by atoms with Crippen LogP contribution in [-0.4, -0.2) is 18.3 Å². The SMILES string of the molecule is OCCNC(c1ccccc1)c1cc(Br)ccc1F. The average molecular weight is 324 g/mol. The minimum absolute atomic E-state index is 0.0129. The topological polar surface area (TPSA) is 32.3 Å².